The molecule has 0 saturated carbocycles. The zero-order valence-electron chi connectivity index (χ0n) is 6.79. The van der Waals surface area contributed by atoms with E-state index in [1.165, 1.54) is 0 Å². The number of aliphatic carboxylic acids is 1. The first-order chi connectivity index (χ1) is 6.09. The zero-order chi connectivity index (χ0) is 9.84. The van der Waals surface area contributed by atoms with E-state index in [1.54, 1.807) is 18.2 Å². The number of rotatable bonds is 3. The second kappa shape index (κ2) is 4.45. The number of carboxylic acids is 1. The fourth-order valence-corrected chi connectivity index (χ4v) is 1.53. The summed E-state index contributed by atoms with van der Waals surface area (Å²) < 4.78 is 0.730. The molecule has 0 aromatic heterocycles. The van der Waals surface area contributed by atoms with E-state index in [9.17, 15) is 15.0 Å². The Morgan fingerprint density at radius 3 is 2.77 bits per heavy atom. The Hall–Kier alpha value is -0.780. The van der Waals surface area contributed by atoms with E-state index in [0.29, 0.717) is 6.42 Å². The van der Waals surface area contributed by atoms with Gasteiger partial charge in [-0.15, -0.1) is 0 Å². The molecule has 70 valence electrons. The van der Waals surface area contributed by atoms with Gasteiger partial charge in [0.1, 0.15) is 5.75 Å². The van der Waals surface area contributed by atoms with Crippen LogP contribution in [0.15, 0.2) is 18.2 Å². The molecule has 1 aromatic rings. The summed E-state index contributed by atoms with van der Waals surface area (Å²) in [4.78, 5) is 10.2. The lowest BCUT2D eigenvalue weighted by Crippen LogP contribution is -2.22. The molecule has 0 saturated heterocycles. The third-order valence-corrected chi connectivity index (χ3v) is 2.49. The standard InChI is InChI=1S/C9H9IO3/c10-7-5-6(1-3-8(7)11)2-4-9(12)13/h1,3,5,11H,2,4H2,(H,12,13)/p-1. The van der Waals surface area contributed by atoms with Gasteiger partial charge in [-0.3, -0.25) is 0 Å². The number of hydrogen-bond acceptors (Lipinski definition) is 3. The van der Waals surface area contributed by atoms with Gasteiger partial charge in [0, 0.05) is 5.97 Å². The van der Waals surface area contributed by atoms with Crippen molar-refractivity contribution in [3.05, 3.63) is 27.3 Å². The molecule has 3 nitrogen and oxygen atoms in total. The SMILES string of the molecule is O=C([O-])CCc1ccc(O)c(I)c1. The fraction of sp³-hybridized carbons (Fsp3) is 0.222. The van der Waals surface area contributed by atoms with E-state index >= 15 is 0 Å². The maximum absolute atomic E-state index is 10.2. The minimum Gasteiger partial charge on any atom is -0.550 e. The Kier molecular flexibility index (Phi) is 3.53. The smallest absolute Gasteiger partial charge is 0.128 e. The van der Waals surface area contributed by atoms with Gasteiger partial charge in [-0.2, -0.15) is 0 Å². The third kappa shape index (κ3) is 3.22. The van der Waals surface area contributed by atoms with Gasteiger partial charge in [-0.05, 0) is 53.1 Å². The Bertz CT molecular complexity index is 323. The van der Waals surface area contributed by atoms with Crippen LogP contribution < -0.4 is 5.11 Å². The van der Waals surface area contributed by atoms with Crippen molar-refractivity contribution in [1.29, 1.82) is 0 Å². The molecule has 1 rings (SSSR count). The summed E-state index contributed by atoms with van der Waals surface area (Å²) in [5.74, 6) is -0.833. The monoisotopic (exact) mass is 291 g/mol. The highest BCUT2D eigenvalue weighted by atomic mass is 127. The van der Waals surface area contributed by atoms with Crippen LogP contribution in [-0.2, 0) is 11.2 Å². The van der Waals surface area contributed by atoms with Gasteiger partial charge >= 0.3 is 0 Å². The minimum absolute atomic E-state index is 0.0147. The van der Waals surface area contributed by atoms with Crippen LogP contribution in [0.25, 0.3) is 0 Å². The first-order valence-corrected chi connectivity index (χ1v) is 4.84. The lowest BCUT2D eigenvalue weighted by molar-refractivity contribution is -0.305. The van der Waals surface area contributed by atoms with E-state index in [-0.39, 0.29) is 12.2 Å². The molecule has 1 aromatic carbocycles. The average molecular weight is 291 g/mol. The predicted molar refractivity (Wildman–Crippen MR) is 54.2 cm³/mol. The maximum atomic E-state index is 10.2. The summed E-state index contributed by atoms with van der Waals surface area (Å²) in [5, 5.41) is 19.3. The lowest BCUT2D eigenvalue weighted by Gasteiger charge is -2.03. The van der Waals surface area contributed by atoms with Gasteiger partial charge in [0.15, 0.2) is 0 Å². The Morgan fingerprint density at radius 1 is 1.54 bits per heavy atom. The van der Waals surface area contributed by atoms with Crippen LogP contribution in [0.4, 0.5) is 0 Å². The number of phenolic OH excluding ortho intramolecular Hbond substituents is 1. The predicted octanol–water partition coefficient (Wildman–Crippen LogP) is 0.679. The van der Waals surface area contributed by atoms with Gasteiger partial charge in [-0.25, -0.2) is 0 Å². The zero-order valence-corrected chi connectivity index (χ0v) is 8.95. The molecule has 0 atom stereocenters. The highest BCUT2D eigenvalue weighted by Crippen LogP contribution is 2.20. The van der Waals surface area contributed by atoms with Crippen molar-refractivity contribution in [2.45, 2.75) is 12.8 Å². The van der Waals surface area contributed by atoms with Crippen molar-refractivity contribution in [1.82, 2.24) is 0 Å². The van der Waals surface area contributed by atoms with Gasteiger partial charge in [0.25, 0.3) is 0 Å². The Balaban J connectivity index is 2.68. The summed E-state index contributed by atoms with van der Waals surface area (Å²) in [5.41, 5.74) is 0.895. The van der Waals surface area contributed by atoms with Crippen molar-refractivity contribution in [3.63, 3.8) is 0 Å². The van der Waals surface area contributed by atoms with Gasteiger partial charge < -0.3 is 15.0 Å². The number of aryl methyl sites for hydroxylation is 1. The Morgan fingerprint density at radius 2 is 2.23 bits per heavy atom. The molecule has 4 heteroatoms. The fourth-order valence-electron chi connectivity index (χ4n) is 0.952. The van der Waals surface area contributed by atoms with Crippen LogP contribution in [0.5, 0.6) is 5.75 Å². The molecule has 0 radical (unpaired) electrons. The van der Waals surface area contributed by atoms with Gasteiger partial charge in [-0.1, -0.05) is 6.07 Å². The van der Waals surface area contributed by atoms with E-state index in [4.69, 9.17) is 0 Å². The highest BCUT2D eigenvalue weighted by molar-refractivity contribution is 14.1. The molecule has 0 spiro atoms. The lowest BCUT2D eigenvalue weighted by atomic mass is 10.1. The number of carbonyl (C=O) groups is 1. The molecule has 0 aliphatic rings. The molecular formula is C9H8IO3-. The van der Waals surface area contributed by atoms with Gasteiger partial charge in [0.05, 0.1) is 3.57 Å². The molecule has 0 bridgehead atoms. The molecule has 0 amide bonds. The molecule has 0 aliphatic carbocycles. The van der Waals surface area contributed by atoms with Gasteiger partial charge in [0.2, 0.25) is 0 Å². The van der Waals surface area contributed by atoms with Crippen LogP contribution in [0, 0.1) is 3.57 Å². The summed E-state index contributed by atoms with van der Waals surface area (Å²) in [7, 11) is 0. The summed E-state index contributed by atoms with van der Waals surface area (Å²) in [6.07, 6.45) is 0.458. The maximum Gasteiger partial charge on any atom is 0.128 e. The number of halogens is 1. The highest BCUT2D eigenvalue weighted by Gasteiger charge is 1.99. The summed E-state index contributed by atoms with van der Waals surface area (Å²) in [6, 6.07) is 5.03. The van der Waals surface area contributed by atoms with E-state index < -0.39 is 5.97 Å². The van der Waals surface area contributed by atoms with E-state index in [1.807, 2.05) is 22.6 Å². The second-order valence-electron chi connectivity index (χ2n) is 2.66. The molecule has 0 heterocycles. The van der Waals surface area contributed by atoms with Crippen molar-refractivity contribution < 1.29 is 15.0 Å². The van der Waals surface area contributed by atoms with Crippen molar-refractivity contribution in [2.75, 3.05) is 0 Å². The Labute approximate surface area is 89.5 Å². The molecule has 0 unspecified atom stereocenters. The average Bonchev–Trinajstić information content (AvgIpc) is 2.07. The van der Waals surface area contributed by atoms with Crippen LogP contribution in [0.1, 0.15) is 12.0 Å². The van der Waals surface area contributed by atoms with Crippen molar-refractivity contribution >= 4 is 28.6 Å². The topological polar surface area (TPSA) is 60.4 Å². The van der Waals surface area contributed by atoms with Crippen molar-refractivity contribution in [3.8, 4) is 5.75 Å². The first kappa shape index (κ1) is 10.3. The van der Waals surface area contributed by atoms with Crippen LogP contribution in [0.3, 0.4) is 0 Å². The van der Waals surface area contributed by atoms with Crippen LogP contribution in [-0.4, -0.2) is 11.1 Å². The molecule has 13 heavy (non-hydrogen) atoms. The minimum atomic E-state index is -1.05. The summed E-state index contributed by atoms with van der Waals surface area (Å²) in [6.45, 7) is 0. The number of benzene rings is 1. The second-order valence-corrected chi connectivity index (χ2v) is 3.82. The van der Waals surface area contributed by atoms with E-state index in [0.717, 1.165) is 9.13 Å². The number of carbonyl (C=O) groups excluding carboxylic acids is 1. The normalized spacial score (nSPS) is 9.92. The quantitative estimate of drug-likeness (QED) is 0.833. The first-order valence-electron chi connectivity index (χ1n) is 3.77. The van der Waals surface area contributed by atoms with E-state index in [2.05, 4.69) is 0 Å². The number of aromatic hydroxyl groups is 1. The molecule has 0 fully saturated rings. The largest absolute Gasteiger partial charge is 0.550 e. The number of phenols is 1. The number of hydrogen-bond donors (Lipinski definition) is 1. The number of carboxylic acid groups (broad SMARTS) is 1. The van der Waals surface area contributed by atoms with Crippen molar-refractivity contribution in [2.24, 2.45) is 0 Å². The van der Waals surface area contributed by atoms with Crippen LogP contribution in [0.2, 0.25) is 0 Å². The third-order valence-electron chi connectivity index (χ3n) is 1.63. The molecule has 1 N–H and O–H groups in total. The molecule has 0 aliphatic heterocycles. The summed E-state index contributed by atoms with van der Waals surface area (Å²) >= 11 is 1.99. The van der Waals surface area contributed by atoms with Crippen LogP contribution >= 0.6 is 22.6 Å². The molecular weight excluding hydrogens is 283 g/mol.